The van der Waals surface area contributed by atoms with Crippen LogP contribution in [0.1, 0.15) is 41.4 Å². The standard InChI is InChI=1S/2C15H11NO3S.Zn/c2*17-13(11-7-3-1-4-8-11)16(15(19)20)14(18)12-9-5-2-6-10-12;/h2*1-10H,(H,19,20);. The van der Waals surface area contributed by atoms with E-state index in [1.54, 1.807) is 121 Å². The number of benzene rings is 4. The Kier molecular flexibility index (Phi) is 12.8. The third-order valence-corrected chi connectivity index (χ3v) is 5.64. The molecular weight excluding hydrogens is 614 g/mol. The smallest absolute Gasteiger partial charge is 0.271 e. The van der Waals surface area contributed by atoms with Gasteiger partial charge in [-0.05, 0) is 73.0 Å². The van der Waals surface area contributed by atoms with Crippen LogP contribution in [-0.4, -0.2) is 54.0 Å². The predicted molar refractivity (Wildman–Crippen MR) is 157 cm³/mol. The zero-order valence-corrected chi connectivity index (χ0v) is 26.1. The fraction of sp³-hybridized carbons (Fsp3) is 0. The average molecular weight is 636 g/mol. The number of amides is 4. The normalized spacial score (nSPS) is 9.56. The maximum absolute atomic E-state index is 12.3. The van der Waals surface area contributed by atoms with Crippen molar-refractivity contribution in [3.05, 3.63) is 144 Å². The Morgan fingerprint density at radius 2 is 0.585 bits per heavy atom. The molecule has 0 bridgehead atoms. The number of hydrogen-bond acceptors (Lipinski definition) is 6. The zero-order valence-electron chi connectivity index (χ0n) is 21.5. The number of carbonyl (C=O) groups excluding carboxylic acids is 4. The van der Waals surface area contributed by atoms with Gasteiger partial charge in [0.1, 0.15) is 0 Å². The van der Waals surface area contributed by atoms with Crippen LogP contribution in [0.2, 0.25) is 0 Å². The van der Waals surface area contributed by atoms with E-state index in [-0.39, 0.29) is 41.7 Å². The fourth-order valence-electron chi connectivity index (χ4n) is 3.37. The summed E-state index contributed by atoms with van der Waals surface area (Å²) in [7, 11) is 0. The monoisotopic (exact) mass is 634 g/mol. The third-order valence-electron chi connectivity index (χ3n) is 5.28. The van der Waals surface area contributed by atoms with Gasteiger partial charge in [-0.3, -0.25) is 19.2 Å². The number of hydrogen-bond donors (Lipinski definition) is 2. The second-order valence-electron chi connectivity index (χ2n) is 7.92. The Bertz CT molecular complexity index is 1300. The van der Waals surface area contributed by atoms with E-state index in [2.05, 4.69) is 24.4 Å². The van der Waals surface area contributed by atoms with Gasteiger partial charge in [-0.2, -0.15) is 0 Å². The molecule has 0 aliphatic carbocycles. The molecule has 0 radical (unpaired) electrons. The molecule has 8 nitrogen and oxygen atoms in total. The first-order valence-electron chi connectivity index (χ1n) is 11.7. The van der Waals surface area contributed by atoms with Crippen molar-refractivity contribution in [2.75, 3.05) is 0 Å². The third kappa shape index (κ3) is 8.78. The van der Waals surface area contributed by atoms with E-state index in [1.807, 2.05) is 0 Å². The summed E-state index contributed by atoms with van der Waals surface area (Å²) in [5.74, 6) is -2.64. The molecule has 0 aromatic heterocycles. The van der Waals surface area contributed by atoms with Crippen molar-refractivity contribution < 1.29 is 48.9 Å². The van der Waals surface area contributed by atoms with Gasteiger partial charge in [0.15, 0.2) is 0 Å². The van der Waals surface area contributed by atoms with Gasteiger partial charge in [0.25, 0.3) is 34.0 Å². The van der Waals surface area contributed by atoms with Crippen molar-refractivity contribution in [1.29, 1.82) is 0 Å². The Labute approximate surface area is 259 Å². The number of aliphatic hydroxyl groups is 2. The second-order valence-corrected chi connectivity index (χ2v) is 8.65. The van der Waals surface area contributed by atoms with E-state index in [9.17, 15) is 29.4 Å². The largest absolute Gasteiger partial charge is 0.486 e. The molecule has 4 aromatic carbocycles. The molecule has 0 unspecified atom stereocenters. The van der Waals surface area contributed by atoms with Crippen LogP contribution in [0.15, 0.2) is 121 Å². The molecule has 0 heterocycles. The van der Waals surface area contributed by atoms with Crippen molar-refractivity contribution in [3.8, 4) is 0 Å². The summed E-state index contributed by atoms with van der Waals surface area (Å²) in [6.07, 6.45) is 0. The van der Waals surface area contributed by atoms with Gasteiger partial charge < -0.3 is 10.2 Å². The SMILES string of the molecule is O=C(c1ccccc1)N(C(=O)c1ccccc1)C(O)=S.O=C(c1ccccc1)N(C(=O)c1ccccc1)C(O)=S.[Zn]. The molecule has 4 rings (SSSR count). The molecule has 0 saturated heterocycles. The van der Waals surface area contributed by atoms with Crippen molar-refractivity contribution in [1.82, 2.24) is 9.80 Å². The van der Waals surface area contributed by atoms with Crippen LogP contribution in [0.5, 0.6) is 0 Å². The zero-order chi connectivity index (χ0) is 29.1. The van der Waals surface area contributed by atoms with E-state index in [1.165, 1.54) is 0 Å². The van der Waals surface area contributed by atoms with Crippen molar-refractivity contribution >= 4 is 58.4 Å². The quantitative estimate of drug-likeness (QED) is 0.169. The van der Waals surface area contributed by atoms with Gasteiger partial charge in [-0.25, -0.2) is 9.80 Å². The number of aliphatic hydroxyl groups excluding tert-OH is 2. The average Bonchev–Trinajstić information content (AvgIpc) is 2.99. The van der Waals surface area contributed by atoms with Crippen LogP contribution in [0, 0.1) is 0 Å². The Morgan fingerprint density at radius 3 is 0.732 bits per heavy atom. The summed E-state index contributed by atoms with van der Waals surface area (Å²) in [4.78, 5) is 50.2. The number of nitrogens with zero attached hydrogens (tertiary/aromatic N) is 2. The van der Waals surface area contributed by atoms with E-state index >= 15 is 0 Å². The molecule has 0 aliphatic rings. The Hall–Kier alpha value is -4.44. The van der Waals surface area contributed by atoms with Crippen LogP contribution in [-0.2, 0) is 19.5 Å². The number of thiocarbonyl (C=S) groups is 2. The maximum atomic E-state index is 12.3. The molecule has 2 N–H and O–H groups in total. The second kappa shape index (κ2) is 16.0. The minimum atomic E-state index is -0.771. The molecule has 0 atom stereocenters. The van der Waals surface area contributed by atoms with Gasteiger partial charge in [0.2, 0.25) is 0 Å². The molecule has 41 heavy (non-hydrogen) atoms. The molecular formula is C30H22N2O6S2Zn. The first-order valence-corrected chi connectivity index (χ1v) is 12.5. The molecule has 202 valence electrons. The summed E-state index contributed by atoms with van der Waals surface area (Å²) in [6.45, 7) is 0. The van der Waals surface area contributed by atoms with Crippen molar-refractivity contribution in [2.45, 2.75) is 0 Å². The molecule has 0 spiro atoms. The van der Waals surface area contributed by atoms with Gasteiger partial charge in [0, 0.05) is 41.7 Å². The van der Waals surface area contributed by atoms with Crippen LogP contribution >= 0.6 is 24.4 Å². The van der Waals surface area contributed by atoms with Crippen molar-refractivity contribution in [3.63, 3.8) is 0 Å². The molecule has 4 aromatic rings. The first-order chi connectivity index (χ1) is 19.2. The number of imide groups is 2. The van der Waals surface area contributed by atoms with Crippen LogP contribution in [0.25, 0.3) is 0 Å². The van der Waals surface area contributed by atoms with Gasteiger partial charge in [0.05, 0.1) is 0 Å². The maximum Gasteiger partial charge on any atom is 0.271 e. The first kappa shape index (κ1) is 32.8. The molecule has 0 aliphatic heterocycles. The van der Waals surface area contributed by atoms with E-state index in [4.69, 9.17) is 0 Å². The topological polar surface area (TPSA) is 115 Å². The van der Waals surface area contributed by atoms with Gasteiger partial charge >= 0.3 is 0 Å². The Morgan fingerprint density at radius 1 is 0.415 bits per heavy atom. The summed E-state index contributed by atoms with van der Waals surface area (Å²) in [5.41, 5.74) is 1.09. The predicted octanol–water partition coefficient (Wildman–Crippen LogP) is 5.62. The summed E-state index contributed by atoms with van der Waals surface area (Å²) >= 11 is 9.22. The minimum Gasteiger partial charge on any atom is -0.486 e. The molecule has 0 fully saturated rings. The molecule has 11 heteroatoms. The number of carbonyl (C=O) groups is 4. The molecule has 0 saturated carbocycles. The number of rotatable bonds is 4. The summed E-state index contributed by atoms with van der Waals surface area (Å²) in [5, 5.41) is 17.4. The Balaban J connectivity index is 0.000000280. The molecule has 4 amide bonds. The van der Waals surface area contributed by atoms with Crippen LogP contribution in [0.3, 0.4) is 0 Å². The van der Waals surface area contributed by atoms with Gasteiger partial charge in [-0.15, -0.1) is 0 Å². The van der Waals surface area contributed by atoms with Gasteiger partial charge in [-0.1, -0.05) is 72.8 Å². The van der Waals surface area contributed by atoms with Crippen LogP contribution in [0.4, 0.5) is 0 Å². The van der Waals surface area contributed by atoms with E-state index < -0.39 is 34.0 Å². The van der Waals surface area contributed by atoms with Crippen LogP contribution < -0.4 is 0 Å². The fourth-order valence-corrected chi connectivity index (χ4v) is 3.70. The van der Waals surface area contributed by atoms with E-state index in [0.29, 0.717) is 9.80 Å². The minimum absolute atomic E-state index is 0. The summed E-state index contributed by atoms with van der Waals surface area (Å²) < 4.78 is 0. The van der Waals surface area contributed by atoms with E-state index in [0.717, 1.165) is 0 Å². The van der Waals surface area contributed by atoms with Crippen molar-refractivity contribution in [2.24, 2.45) is 0 Å². The summed E-state index contributed by atoms with van der Waals surface area (Å²) in [6, 6.07) is 32.7.